The third kappa shape index (κ3) is 5.59. The molecule has 17 heteroatoms. The first-order valence-electron chi connectivity index (χ1n) is 12.4. The van der Waals surface area contributed by atoms with Crippen molar-refractivity contribution in [1.82, 2.24) is 24.8 Å². The Hall–Kier alpha value is -4.48. The summed E-state index contributed by atoms with van der Waals surface area (Å²) in [6.07, 6.45) is 5.01. The van der Waals surface area contributed by atoms with E-state index in [1.54, 1.807) is 22.3 Å². The van der Waals surface area contributed by atoms with E-state index >= 15 is 0 Å². The number of β-lactam (4-membered cyclic amide) rings is 1. The first-order valence-corrected chi connectivity index (χ1v) is 14.3. The lowest BCUT2D eigenvalue weighted by Gasteiger charge is -2.49. The van der Waals surface area contributed by atoms with Crippen LogP contribution in [0.3, 0.4) is 0 Å². The average molecular weight is 600 g/mol. The summed E-state index contributed by atoms with van der Waals surface area (Å²) in [6, 6.07) is 2.71. The average Bonchev–Trinajstić information content (AvgIpc) is 3.57. The molecule has 0 aromatic carbocycles. The third-order valence-electron chi connectivity index (χ3n) is 6.20. The van der Waals surface area contributed by atoms with Gasteiger partial charge < -0.3 is 32.0 Å². The zero-order chi connectivity index (χ0) is 29.1. The first-order chi connectivity index (χ1) is 19.8. The number of nitrogens with one attached hydrogen (secondary N) is 2. The Morgan fingerprint density at radius 2 is 2.22 bits per heavy atom. The van der Waals surface area contributed by atoms with E-state index in [0.29, 0.717) is 30.2 Å². The number of carboxylic acid groups (broad SMARTS) is 1. The smallest absolute Gasteiger partial charge is 0.352 e. The molecule has 15 nitrogen and oxygen atoms in total. The maximum absolute atomic E-state index is 13.2. The van der Waals surface area contributed by atoms with E-state index < -0.39 is 29.2 Å². The van der Waals surface area contributed by atoms with Gasteiger partial charge in [-0.05, 0) is 6.07 Å². The molecule has 5 rings (SSSR count). The number of imidazole rings is 1. The quantitative estimate of drug-likeness (QED) is 0.0443. The molecule has 3 aromatic heterocycles. The van der Waals surface area contributed by atoms with E-state index in [1.807, 2.05) is 16.7 Å². The Balaban J connectivity index is 1.34. The molecular weight excluding hydrogens is 572 g/mol. The number of aliphatic carboxylic acids is 1. The van der Waals surface area contributed by atoms with E-state index in [0.717, 1.165) is 17.0 Å². The maximum atomic E-state index is 13.2. The van der Waals surface area contributed by atoms with Crippen LogP contribution in [0.1, 0.15) is 5.69 Å². The number of nitrogens with zero attached hydrogens (tertiary/aromatic N) is 6. The molecule has 1 fully saturated rings. The highest BCUT2D eigenvalue weighted by molar-refractivity contribution is 8.00. The highest BCUT2D eigenvalue weighted by atomic mass is 32.2. The predicted molar refractivity (Wildman–Crippen MR) is 152 cm³/mol. The molecule has 0 aliphatic carbocycles. The van der Waals surface area contributed by atoms with Crippen LogP contribution in [-0.2, 0) is 25.8 Å². The monoisotopic (exact) mass is 599 g/mol. The number of hydrogen-bond donors (Lipinski definition) is 5. The first kappa shape index (κ1) is 28.1. The summed E-state index contributed by atoms with van der Waals surface area (Å²) in [6.45, 7) is 4.87. The van der Waals surface area contributed by atoms with Gasteiger partial charge in [0.05, 0.1) is 0 Å². The molecule has 2 aliphatic heterocycles. The number of thiazole rings is 1. The van der Waals surface area contributed by atoms with Gasteiger partial charge >= 0.3 is 11.6 Å². The molecule has 0 radical (unpaired) electrons. The number of amides is 2. The number of aromatic nitrogens is 4. The molecular formula is C24H27N10O5S2+. The van der Waals surface area contributed by atoms with Crippen molar-refractivity contribution < 1.29 is 28.9 Å². The van der Waals surface area contributed by atoms with Crippen LogP contribution in [-0.4, -0.2) is 85.0 Å². The third-order valence-corrected chi connectivity index (χ3v) is 8.21. The van der Waals surface area contributed by atoms with Crippen LogP contribution in [0, 0.1) is 0 Å². The molecule has 0 unspecified atom stereocenters. The lowest BCUT2D eigenvalue weighted by Crippen LogP contribution is -2.71. The zero-order valence-electron chi connectivity index (χ0n) is 21.6. The van der Waals surface area contributed by atoms with Crippen molar-refractivity contribution in [3.63, 3.8) is 0 Å². The molecule has 0 spiro atoms. The Labute approximate surface area is 241 Å². The molecule has 7 N–H and O–H groups in total. The summed E-state index contributed by atoms with van der Waals surface area (Å²) >= 11 is 2.48. The summed E-state index contributed by atoms with van der Waals surface area (Å²) in [5, 5.41) is 25.3. The number of rotatable bonds is 12. The van der Waals surface area contributed by atoms with Crippen molar-refractivity contribution in [3.8, 4) is 0 Å². The summed E-state index contributed by atoms with van der Waals surface area (Å²) in [5.74, 6) is -1.48. The number of carbonyl (C=O) groups is 3. The fourth-order valence-corrected chi connectivity index (χ4v) is 6.27. The molecule has 2 aliphatic rings. The van der Waals surface area contributed by atoms with Crippen molar-refractivity contribution in [1.29, 1.82) is 0 Å². The van der Waals surface area contributed by atoms with E-state index in [-0.39, 0.29) is 35.4 Å². The van der Waals surface area contributed by atoms with Crippen molar-refractivity contribution in [3.05, 3.63) is 59.5 Å². The number of fused-ring (bicyclic) bond motifs is 2. The topological polar surface area (TPSA) is 206 Å². The minimum atomic E-state index is -1.23. The summed E-state index contributed by atoms with van der Waals surface area (Å²) < 4.78 is 3.53. The van der Waals surface area contributed by atoms with Crippen LogP contribution in [0.5, 0.6) is 0 Å². The van der Waals surface area contributed by atoms with Gasteiger partial charge in [0.1, 0.15) is 42.2 Å². The molecule has 1 saturated heterocycles. The molecule has 41 heavy (non-hydrogen) atoms. The second kappa shape index (κ2) is 11.9. The Morgan fingerprint density at radius 1 is 1.39 bits per heavy atom. The fraction of sp³-hybridized carbons (Fsp3) is 0.292. The predicted octanol–water partition coefficient (Wildman–Crippen LogP) is -0.623. The van der Waals surface area contributed by atoms with Crippen LogP contribution in [0.25, 0.3) is 5.65 Å². The van der Waals surface area contributed by atoms with Crippen LogP contribution in [0.2, 0.25) is 0 Å². The van der Waals surface area contributed by atoms with Crippen LogP contribution in [0.4, 0.5) is 10.9 Å². The molecule has 2 atom stereocenters. The van der Waals surface area contributed by atoms with Gasteiger partial charge in [0, 0.05) is 35.9 Å². The molecule has 0 bridgehead atoms. The Morgan fingerprint density at radius 3 is 2.93 bits per heavy atom. The van der Waals surface area contributed by atoms with Crippen molar-refractivity contribution >= 4 is 63.2 Å². The normalized spacial score (nSPS) is 18.6. The van der Waals surface area contributed by atoms with Gasteiger partial charge in [-0.2, -0.15) is 0 Å². The Kier molecular flexibility index (Phi) is 8.18. The van der Waals surface area contributed by atoms with Crippen LogP contribution >= 0.6 is 23.1 Å². The van der Waals surface area contributed by atoms with E-state index in [2.05, 4.69) is 32.5 Å². The number of carbonyl (C=O) groups excluding carboxylic acids is 2. The lowest BCUT2D eigenvalue weighted by molar-refractivity contribution is -0.662. The van der Waals surface area contributed by atoms with Gasteiger partial charge in [0.2, 0.25) is 0 Å². The maximum Gasteiger partial charge on any atom is 0.352 e. The molecule has 2 amide bonds. The van der Waals surface area contributed by atoms with E-state index in [9.17, 15) is 19.5 Å². The van der Waals surface area contributed by atoms with Gasteiger partial charge in [0.25, 0.3) is 11.8 Å². The minimum Gasteiger partial charge on any atom is -0.477 e. The van der Waals surface area contributed by atoms with Crippen molar-refractivity contribution in [2.24, 2.45) is 10.9 Å². The van der Waals surface area contributed by atoms with Gasteiger partial charge in [0.15, 0.2) is 22.9 Å². The van der Waals surface area contributed by atoms with Gasteiger partial charge in [-0.1, -0.05) is 27.4 Å². The van der Waals surface area contributed by atoms with Crippen molar-refractivity contribution in [2.75, 3.05) is 36.5 Å². The summed E-state index contributed by atoms with van der Waals surface area (Å²) in [4.78, 5) is 49.1. The highest BCUT2D eigenvalue weighted by Crippen LogP contribution is 2.40. The van der Waals surface area contributed by atoms with E-state index in [4.69, 9.17) is 16.3 Å². The second-order valence-corrected chi connectivity index (χ2v) is 10.9. The molecule has 214 valence electrons. The highest BCUT2D eigenvalue weighted by Gasteiger charge is 2.54. The Bertz CT molecular complexity index is 1580. The number of carboxylic acids is 1. The molecule has 0 saturated carbocycles. The zero-order valence-corrected chi connectivity index (χ0v) is 23.2. The molecule has 5 heterocycles. The largest absolute Gasteiger partial charge is 0.477 e. The number of nitrogen functional groups attached to an aromatic ring is 1. The van der Waals surface area contributed by atoms with Gasteiger partial charge in [-0.3, -0.25) is 14.5 Å². The number of nitrogens with two attached hydrogens (primary N) is 2. The SMILES string of the molecule is C=CCO/N=C(\C(=O)N[C@@H]1C(=O)N2C(C(=O)O)=C(C[n+]3ccn4nc(NCCN)ccc43)CS[C@H]12)c1csc(N)n1. The van der Waals surface area contributed by atoms with Gasteiger partial charge in [-0.25, -0.2) is 14.3 Å². The number of oxime groups is 1. The standard InChI is InChI=1S/C24H26N10O5S2/c1-2-9-39-31-17(14-12-41-24(26)28-14)20(35)29-18-21(36)34-19(23(37)38)13(11-40-22(18)34)10-32-7-8-33-16(32)4-3-15(30-33)27-6-5-25/h2-4,7-8,12,18,22H,1,5-6,9-11,25H2,(H4-,26,27,28,29,30,35,37,38)/p+1/b31-17-/t18-,22-/m1/s1. The van der Waals surface area contributed by atoms with E-state index in [1.165, 1.54) is 22.7 Å². The molecule has 3 aromatic rings. The van der Waals surface area contributed by atoms with Crippen LogP contribution in [0.15, 0.2) is 59.0 Å². The number of hydrogen-bond acceptors (Lipinski definition) is 12. The number of anilines is 2. The van der Waals surface area contributed by atoms with Gasteiger partial charge in [-0.15, -0.1) is 23.1 Å². The minimum absolute atomic E-state index is 0.0537. The lowest BCUT2D eigenvalue weighted by atomic mass is 10.0. The second-order valence-electron chi connectivity index (χ2n) is 8.88. The number of thioether (sulfide) groups is 1. The van der Waals surface area contributed by atoms with Crippen LogP contribution < -0.4 is 26.7 Å². The fourth-order valence-electron chi connectivity index (χ4n) is 4.39. The summed E-state index contributed by atoms with van der Waals surface area (Å²) in [5.41, 5.74) is 12.5. The van der Waals surface area contributed by atoms with Crippen molar-refractivity contribution in [2.45, 2.75) is 18.0 Å². The summed E-state index contributed by atoms with van der Waals surface area (Å²) in [7, 11) is 0.